The van der Waals surface area contributed by atoms with Crippen LogP contribution < -0.4 is 5.32 Å². The molecule has 0 saturated carbocycles. The zero-order valence-corrected chi connectivity index (χ0v) is 19.1. The fourth-order valence-corrected chi connectivity index (χ4v) is 4.27. The van der Waals surface area contributed by atoms with Crippen LogP contribution in [0.3, 0.4) is 0 Å². The van der Waals surface area contributed by atoms with Crippen LogP contribution in [-0.4, -0.2) is 52.0 Å². The van der Waals surface area contributed by atoms with Crippen LogP contribution in [0.4, 0.5) is 0 Å². The summed E-state index contributed by atoms with van der Waals surface area (Å²) in [4.78, 5) is 31.1. The van der Waals surface area contributed by atoms with Gasteiger partial charge in [0.2, 0.25) is 5.91 Å². The van der Waals surface area contributed by atoms with E-state index in [0.717, 1.165) is 20.9 Å². The topological polar surface area (TPSA) is 85.4 Å². The Morgan fingerprint density at radius 2 is 1.87 bits per heavy atom. The van der Waals surface area contributed by atoms with E-state index in [1.807, 2.05) is 30.3 Å². The average molecular weight is 505 g/mol. The summed E-state index contributed by atoms with van der Waals surface area (Å²) in [5, 5.41) is 14.1. The molecule has 0 radical (unpaired) electrons. The van der Waals surface area contributed by atoms with Crippen LogP contribution in [0.15, 0.2) is 53.0 Å². The maximum absolute atomic E-state index is 13.3. The van der Waals surface area contributed by atoms with Gasteiger partial charge in [-0.05, 0) is 54.8 Å². The number of fused-ring (bicyclic) bond motifs is 1. The van der Waals surface area contributed by atoms with Gasteiger partial charge in [-0.15, -0.1) is 0 Å². The lowest BCUT2D eigenvalue weighted by molar-refractivity contribution is -0.135. The van der Waals surface area contributed by atoms with E-state index in [4.69, 9.17) is 11.6 Å². The molecule has 0 bridgehead atoms. The number of aromatic nitrogens is 1. The maximum atomic E-state index is 13.3. The van der Waals surface area contributed by atoms with Gasteiger partial charge in [0.25, 0.3) is 5.91 Å². The number of halogens is 2. The van der Waals surface area contributed by atoms with Crippen molar-refractivity contribution in [1.82, 2.24) is 15.2 Å². The van der Waals surface area contributed by atoms with Crippen molar-refractivity contribution in [3.63, 3.8) is 0 Å². The first-order chi connectivity index (χ1) is 14.9. The minimum absolute atomic E-state index is 0.137. The standard InChI is InChI=1S/C23H23BrClN3O3/c24-16-3-1-14(2-4-16)11-21(23(31)28-9-7-18(29)8-10-28)27-22(30)20-13-15-12-17(25)5-6-19(15)26-20/h1-6,12-13,18,21,26,29H,7-11H2,(H,27,30). The van der Waals surface area contributed by atoms with E-state index >= 15 is 0 Å². The van der Waals surface area contributed by atoms with Crippen LogP contribution in [-0.2, 0) is 11.2 Å². The number of likely N-dealkylation sites (tertiary alicyclic amines) is 1. The lowest BCUT2D eigenvalue weighted by Crippen LogP contribution is -2.52. The molecule has 4 rings (SSSR count). The Morgan fingerprint density at radius 1 is 1.16 bits per heavy atom. The lowest BCUT2D eigenvalue weighted by atomic mass is 10.0. The number of carbonyl (C=O) groups is 2. The zero-order valence-electron chi connectivity index (χ0n) is 16.8. The molecule has 1 fully saturated rings. The molecule has 1 unspecified atom stereocenters. The first-order valence-corrected chi connectivity index (χ1v) is 11.4. The molecule has 2 amide bonds. The van der Waals surface area contributed by atoms with Gasteiger partial charge in [0.1, 0.15) is 11.7 Å². The maximum Gasteiger partial charge on any atom is 0.268 e. The molecule has 0 spiro atoms. The number of aliphatic hydroxyl groups excluding tert-OH is 1. The monoisotopic (exact) mass is 503 g/mol. The quantitative estimate of drug-likeness (QED) is 0.492. The lowest BCUT2D eigenvalue weighted by Gasteiger charge is -2.32. The zero-order chi connectivity index (χ0) is 22.0. The van der Waals surface area contributed by atoms with Crippen LogP contribution in [0.1, 0.15) is 28.9 Å². The van der Waals surface area contributed by atoms with Crippen LogP contribution in [0.2, 0.25) is 5.02 Å². The second-order valence-electron chi connectivity index (χ2n) is 7.83. The van der Waals surface area contributed by atoms with Gasteiger partial charge in [0.15, 0.2) is 0 Å². The summed E-state index contributed by atoms with van der Waals surface area (Å²) in [6, 6.07) is 14.1. The summed E-state index contributed by atoms with van der Waals surface area (Å²) < 4.78 is 0.949. The molecule has 3 aromatic rings. The molecule has 3 N–H and O–H groups in total. The van der Waals surface area contributed by atoms with Crippen molar-refractivity contribution in [3.8, 4) is 0 Å². The van der Waals surface area contributed by atoms with Crippen molar-refractivity contribution in [2.45, 2.75) is 31.4 Å². The summed E-state index contributed by atoms with van der Waals surface area (Å²) in [7, 11) is 0. The van der Waals surface area contributed by atoms with E-state index in [1.54, 1.807) is 23.1 Å². The number of rotatable bonds is 5. The van der Waals surface area contributed by atoms with Gasteiger partial charge in [-0.2, -0.15) is 0 Å². The Hall–Kier alpha value is -2.35. The minimum Gasteiger partial charge on any atom is -0.393 e. The normalized spacial score (nSPS) is 15.8. The highest BCUT2D eigenvalue weighted by Gasteiger charge is 2.29. The third-order valence-electron chi connectivity index (χ3n) is 5.56. The fraction of sp³-hybridized carbons (Fsp3) is 0.304. The molecule has 1 aliphatic heterocycles. The average Bonchev–Trinajstić information content (AvgIpc) is 3.18. The van der Waals surface area contributed by atoms with Crippen molar-refractivity contribution >= 4 is 50.2 Å². The Balaban J connectivity index is 1.55. The number of hydrogen-bond acceptors (Lipinski definition) is 3. The molecule has 1 saturated heterocycles. The Labute approximate surface area is 193 Å². The van der Waals surface area contributed by atoms with Gasteiger partial charge in [0, 0.05) is 39.9 Å². The third-order valence-corrected chi connectivity index (χ3v) is 6.32. The first kappa shape index (κ1) is 21.9. The molecule has 162 valence electrons. The number of carbonyl (C=O) groups excluding carboxylic acids is 2. The molecule has 1 aliphatic rings. The summed E-state index contributed by atoms with van der Waals surface area (Å²) >= 11 is 9.46. The van der Waals surface area contributed by atoms with Crippen molar-refractivity contribution in [2.75, 3.05) is 13.1 Å². The number of nitrogens with one attached hydrogen (secondary N) is 2. The van der Waals surface area contributed by atoms with Crippen molar-refractivity contribution in [1.29, 1.82) is 0 Å². The van der Waals surface area contributed by atoms with Gasteiger partial charge < -0.3 is 20.3 Å². The van der Waals surface area contributed by atoms with Crippen molar-refractivity contribution < 1.29 is 14.7 Å². The van der Waals surface area contributed by atoms with E-state index in [2.05, 4.69) is 26.2 Å². The highest BCUT2D eigenvalue weighted by Crippen LogP contribution is 2.21. The number of amides is 2. The van der Waals surface area contributed by atoms with Crippen molar-refractivity contribution in [3.05, 3.63) is 69.3 Å². The number of hydrogen-bond donors (Lipinski definition) is 3. The number of aliphatic hydroxyl groups is 1. The molecule has 2 heterocycles. The number of nitrogens with zero attached hydrogens (tertiary/aromatic N) is 1. The fourth-order valence-electron chi connectivity index (χ4n) is 3.82. The Morgan fingerprint density at radius 3 is 2.58 bits per heavy atom. The molecule has 31 heavy (non-hydrogen) atoms. The summed E-state index contributed by atoms with van der Waals surface area (Å²) in [6.07, 6.45) is 1.10. The number of aromatic amines is 1. The number of H-pyrrole nitrogens is 1. The van der Waals surface area contributed by atoms with E-state index in [1.165, 1.54) is 0 Å². The van der Waals surface area contributed by atoms with Crippen molar-refractivity contribution in [2.24, 2.45) is 0 Å². The molecule has 8 heteroatoms. The SMILES string of the molecule is O=C(NC(Cc1ccc(Br)cc1)C(=O)N1CCC(O)CC1)c1cc2cc(Cl)ccc2[nH]1. The number of benzene rings is 2. The smallest absolute Gasteiger partial charge is 0.268 e. The molecule has 2 aromatic carbocycles. The Kier molecular flexibility index (Phi) is 6.65. The predicted molar refractivity (Wildman–Crippen MR) is 124 cm³/mol. The van der Waals surface area contributed by atoms with Gasteiger partial charge in [0.05, 0.1) is 6.10 Å². The summed E-state index contributed by atoms with van der Waals surface area (Å²) in [5.41, 5.74) is 2.12. The second kappa shape index (κ2) is 9.42. The van der Waals surface area contributed by atoms with E-state index in [9.17, 15) is 14.7 Å². The Bertz CT molecular complexity index is 1090. The molecule has 1 aromatic heterocycles. The minimum atomic E-state index is -0.709. The summed E-state index contributed by atoms with van der Waals surface area (Å²) in [5.74, 6) is -0.484. The van der Waals surface area contributed by atoms with E-state index < -0.39 is 6.04 Å². The molecule has 6 nitrogen and oxygen atoms in total. The van der Waals surface area contributed by atoms with Crippen LogP contribution in [0, 0.1) is 0 Å². The third kappa shape index (κ3) is 5.29. The van der Waals surface area contributed by atoms with Gasteiger partial charge in [-0.1, -0.05) is 39.7 Å². The molecule has 0 aliphatic carbocycles. The van der Waals surface area contributed by atoms with Crippen LogP contribution in [0.25, 0.3) is 10.9 Å². The predicted octanol–water partition coefficient (Wildman–Crippen LogP) is 3.91. The molecular weight excluding hydrogens is 482 g/mol. The highest BCUT2D eigenvalue weighted by molar-refractivity contribution is 9.10. The summed E-state index contributed by atoms with van der Waals surface area (Å²) in [6.45, 7) is 0.967. The number of piperidine rings is 1. The van der Waals surface area contributed by atoms with Gasteiger partial charge in [-0.25, -0.2) is 0 Å². The highest BCUT2D eigenvalue weighted by atomic mass is 79.9. The molecule has 1 atom stereocenters. The van der Waals surface area contributed by atoms with Gasteiger partial charge >= 0.3 is 0 Å². The molecular formula is C23H23BrClN3O3. The largest absolute Gasteiger partial charge is 0.393 e. The van der Waals surface area contributed by atoms with E-state index in [0.29, 0.717) is 43.1 Å². The van der Waals surface area contributed by atoms with Crippen LogP contribution >= 0.6 is 27.5 Å². The van der Waals surface area contributed by atoms with E-state index in [-0.39, 0.29) is 17.9 Å². The first-order valence-electron chi connectivity index (χ1n) is 10.2. The second-order valence-corrected chi connectivity index (χ2v) is 9.18. The van der Waals surface area contributed by atoms with Gasteiger partial charge in [-0.3, -0.25) is 9.59 Å². The van der Waals surface area contributed by atoms with Crippen LogP contribution in [0.5, 0.6) is 0 Å².